The van der Waals surface area contributed by atoms with Crippen LogP contribution >= 0.6 is 11.3 Å². The number of hydrogen-bond acceptors (Lipinski definition) is 6. The van der Waals surface area contributed by atoms with E-state index in [0.717, 1.165) is 37.2 Å². The topological polar surface area (TPSA) is 125 Å². The van der Waals surface area contributed by atoms with Crippen molar-refractivity contribution in [3.8, 4) is 16.5 Å². The quantitative estimate of drug-likeness (QED) is 0.369. The Morgan fingerprint density at radius 2 is 1.90 bits per heavy atom. The number of H-pyrrole nitrogens is 1. The SMILES string of the molecule is N#Cc1cnc2sc(-c3ccc(S(N)(=O)=O)cc3)cc2c1Nc1ccc2[nH]ccc2c1. The van der Waals surface area contributed by atoms with Gasteiger partial charge in [0.05, 0.1) is 16.1 Å². The molecule has 5 rings (SSSR count). The van der Waals surface area contributed by atoms with Gasteiger partial charge < -0.3 is 10.3 Å². The van der Waals surface area contributed by atoms with E-state index in [2.05, 4.69) is 21.4 Å². The summed E-state index contributed by atoms with van der Waals surface area (Å²) in [7, 11) is -3.75. The summed E-state index contributed by atoms with van der Waals surface area (Å²) in [5, 5.41) is 20.1. The highest BCUT2D eigenvalue weighted by Crippen LogP contribution is 2.38. The highest BCUT2D eigenvalue weighted by molar-refractivity contribution is 7.89. The molecule has 0 radical (unpaired) electrons. The van der Waals surface area contributed by atoms with Crippen molar-refractivity contribution >= 4 is 53.9 Å². The zero-order valence-corrected chi connectivity index (χ0v) is 17.6. The molecule has 0 amide bonds. The van der Waals surface area contributed by atoms with Gasteiger partial charge in [0, 0.05) is 39.2 Å². The summed E-state index contributed by atoms with van der Waals surface area (Å²) >= 11 is 1.47. The normalized spacial score (nSPS) is 11.6. The number of rotatable bonds is 4. The zero-order valence-electron chi connectivity index (χ0n) is 16.0. The number of aromatic amines is 1. The fourth-order valence-electron chi connectivity index (χ4n) is 3.44. The van der Waals surface area contributed by atoms with Gasteiger partial charge in [-0.2, -0.15) is 5.26 Å². The first-order valence-corrected chi connectivity index (χ1v) is 11.6. The fraction of sp³-hybridized carbons (Fsp3) is 0. The Morgan fingerprint density at radius 3 is 2.65 bits per heavy atom. The first kappa shape index (κ1) is 19.3. The lowest BCUT2D eigenvalue weighted by molar-refractivity contribution is 0.598. The third-order valence-electron chi connectivity index (χ3n) is 4.97. The van der Waals surface area contributed by atoms with Crippen LogP contribution in [0, 0.1) is 11.3 Å². The molecule has 7 nitrogen and oxygen atoms in total. The Labute approximate surface area is 181 Å². The third kappa shape index (κ3) is 3.53. The second-order valence-electron chi connectivity index (χ2n) is 6.96. The van der Waals surface area contributed by atoms with Gasteiger partial charge in [-0.3, -0.25) is 0 Å². The van der Waals surface area contributed by atoms with Crippen molar-refractivity contribution in [2.24, 2.45) is 5.14 Å². The molecule has 0 aliphatic heterocycles. The van der Waals surface area contributed by atoms with E-state index in [1.165, 1.54) is 23.5 Å². The number of nitrogens with zero attached hydrogens (tertiary/aromatic N) is 2. The number of hydrogen-bond donors (Lipinski definition) is 3. The van der Waals surface area contributed by atoms with Crippen molar-refractivity contribution in [3.63, 3.8) is 0 Å². The first-order valence-electron chi connectivity index (χ1n) is 9.22. The summed E-state index contributed by atoms with van der Waals surface area (Å²) < 4.78 is 23.0. The van der Waals surface area contributed by atoms with Crippen molar-refractivity contribution in [3.05, 3.63) is 72.6 Å². The lowest BCUT2D eigenvalue weighted by Crippen LogP contribution is -2.11. The molecule has 0 aliphatic carbocycles. The molecule has 0 saturated heterocycles. The van der Waals surface area contributed by atoms with Crippen LogP contribution in [0.3, 0.4) is 0 Å². The van der Waals surface area contributed by atoms with Crippen LogP contribution in [0.5, 0.6) is 0 Å². The Bertz CT molecular complexity index is 1590. The number of thiophene rings is 1. The first-order chi connectivity index (χ1) is 14.9. The number of nitriles is 1. The number of fused-ring (bicyclic) bond motifs is 2. The molecule has 0 aliphatic rings. The molecular weight excluding hydrogens is 430 g/mol. The molecule has 2 aromatic carbocycles. The number of nitrogens with two attached hydrogens (primary N) is 1. The van der Waals surface area contributed by atoms with Crippen LogP contribution in [0.2, 0.25) is 0 Å². The van der Waals surface area contributed by atoms with Gasteiger partial charge in [0.2, 0.25) is 10.0 Å². The Hall–Kier alpha value is -3.71. The van der Waals surface area contributed by atoms with Crippen LogP contribution in [0.4, 0.5) is 11.4 Å². The van der Waals surface area contributed by atoms with Crippen molar-refractivity contribution in [1.29, 1.82) is 5.26 Å². The molecule has 5 aromatic rings. The summed E-state index contributed by atoms with van der Waals surface area (Å²) in [6.07, 6.45) is 3.44. The maximum Gasteiger partial charge on any atom is 0.238 e. The summed E-state index contributed by atoms with van der Waals surface area (Å²) in [6.45, 7) is 0. The minimum Gasteiger partial charge on any atom is -0.361 e. The molecule has 0 unspecified atom stereocenters. The molecule has 3 heterocycles. The largest absolute Gasteiger partial charge is 0.361 e. The molecule has 4 N–H and O–H groups in total. The summed E-state index contributed by atoms with van der Waals surface area (Å²) in [5.74, 6) is 0. The molecule has 0 fully saturated rings. The van der Waals surface area contributed by atoms with Crippen molar-refractivity contribution in [1.82, 2.24) is 9.97 Å². The maximum atomic E-state index is 11.5. The monoisotopic (exact) mass is 445 g/mol. The van der Waals surface area contributed by atoms with E-state index in [1.54, 1.807) is 18.3 Å². The van der Waals surface area contributed by atoms with Crippen LogP contribution in [-0.2, 0) is 10.0 Å². The number of pyridine rings is 1. The lowest BCUT2D eigenvalue weighted by atomic mass is 10.1. The van der Waals surface area contributed by atoms with E-state index in [1.807, 2.05) is 36.5 Å². The van der Waals surface area contributed by atoms with Crippen LogP contribution < -0.4 is 10.5 Å². The van der Waals surface area contributed by atoms with Gasteiger partial charge in [-0.1, -0.05) is 12.1 Å². The Balaban J connectivity index is 1.59. The smallest absolute Gasteiger partial charge is 0.238 e. The average molecular weight is 446 g/mol. The van der Waals surface area contributed by atoms with Crippen LogP contribution in [0.25, 0.3) is 31.6 Å². The van der Waals surface area contributed by atoms with E-state index in [-0.39, 0.29) is 4.90 Å². The summed E-state index contributed by atoms with van der Waals surface area (Å²) in [6, 6.07) is 18.5. The van der Waals surface area contributed by atoms with Crippen molar-refractivity contribution < 1.29 is 8.42 Å². The van der Waals surface area contributed by atoms with E-state index >= 15 is 0 Å². The molecule has 31 heavy (non-hydrogen) atoms. The highest BCUT2D eigenvalue weighted by Gasteiger charge is 2.15. The van der Waals surface area contributed by atoms with E-state index in [9.17, 15) is 13.7 Å². The van der Waals surface area contributed by atoms with Crippen LogP contribution in [0.15, 0.2) is 71.9 Å². The van der Waals surface area contributed by atoms with Crippen LogP contribution in [-0.4, -0.2) is 18.4 Å². The third-order valence-corrected chi connectivity index (χ3v) is 6.99. The average Bonchev–Trinajstić information content (AvgIpc) is 3.40. The Morgan fingerprint density at radius 1 is 1.10 bits per heavy atom. The van der Waals surface area contributed by atoms with Gasteiger partial charge in [0.25, 0.3) is 0 Å². The number of primary sulfonamides is 1. The molecule has 0 bridgehead atoms. The fourth-order valence-corrected chi connectivity index (χ4v) is 4.97. The molecule has 152 valence electrons. The highest BCUT2D eigenvalue weighted by atomic mass is 32.2. The van der Waals surface area contributed by atoms with Gasteiger partial charge in [-0.15, -0.1) is 11.3 Å². The number of aromatic nitrogens is 2. The minimum absolute atomic E-state index is 0.0600. The number of sulfonamides is 1. The molecule has 9 heteroatoms. The zero-order chi connectivity index (χ0) is 21.6. The second-order valence-corrected chi connectivity index (χ2v) is 9.55. The van der Waals surface area contributed by atoms with Gasteiger partial charge in [-0.05, 0) is 48.0 Å². The molecule has 3 aromatic heterocycles. The van der Waals surface area contributed by atoms with Gasteiger partial charge in [0.15, 0.2) is 0 Å². The lowest BCUT2D eigenvalue weighted by Gasteiger charge is -2.09. The number of anilines is 2. The standard InChI is InChI=1S/C22H15N5O2S2/c23-11-15-12-26-22-18(21(15)27-16-3-6-19-14(9-16)7-8-25-19)10-20(30-22)13-1-4-17(5-2-13)31(24,28)29/h1-10,12,25H,(H,26,27)(H2,24,28,29). The van der Waals surface area contributed by atoms with Gasteiger partial charge in [-0.25, -0.2) is 18.5 Å². The summed E-state index contributed by atoms with van der Waals surface area (Å²) in [4.78, 5) is 9.34. The Kier molecular flexibility index (Phi) is 4.48. The molecule has 0 spiro atoms. The molecular formula is C22H15N5O2S2. The van der Waals surface area contributed by atoms with E-state index in [0.29, 0.717) is 11.3 Å². The van der Waals surface area contributed by atoms with Gasteiger partial charge >= 0.3 is 0 Å². The summed E-state index contributed by atoms with van der Waals surface area (Å²) in [5.41, 5.74) is 3.86. The number of nitrogens with one attached hydrogen (secondary N) is 2. The van der Waals surface area contributed by atoms with Crippen molar-refractivity contribution in [2.75, 3.05) is 5.32 Å². The van der Waals surface area contributed by atoms with Crippen LogP contribution in [0.1, 0.15) is 5.56 Å². The molecule has 0 atom stereocenters. The van der Waals surface area contributed by atoms with E-state index < -0.39 is 10.0 Å². The van der Waals surface area contributed by atoms with E-state index in [4.69, 9.17) is 5.14 Å². The number of benzene rings is 2. The second kappa shape index (κ2) is 7.21. The molecule has 0 saturated carbocycles. The predicted molar refractivity (Wildman–Crippen MR) is 123 cm³/mol. The maximum absolute atomic E-state index is 11.5. The minimum atomic E-state index is -3.75. The van der Waals surface area contributed by atoms with Gasteiger partial charge in [0.1, 0.15) is 10.9 Å². The predicted octanol–water partition coefficient (Wildman–Crippen LogP) is 4.71. The van der Waals surface area contributed by atoms with Crippen molar-refractivity contribution in [2.45, 2.75) is 4.90 Å².